The van der Waals surface area contributed by atoms with Crippen molar-refractivity contribution in [3.63, 3.8) is 0 Å². The summed E-state index contributed by atoms with van der Waals surface area (Å²) in [5.41, 5.74) is -28.8. The van der Waals surface area contributed by atoms with Gasteiger partial charge in [-0.25, -0.2) is 0 Å². The number of hydrogen-bond acceptors (Lipinski definition) is 4. The van der Waals surface area contributed by atoms with Crippen LogP contribution in [0.5, 0.6) is 0 Å². The van der Waals surface area contributed by atoms with Gasteiger partial charge in [-0.1, -0.05) is 132 Å². The van der Waals surface area contributed by atoms with Gasteiger partial charge in [0.1, 0.15) is 6.15 Å². The van der Waals surface area contributed by atoms with Crippen molar-refractivity contribution in [3.8, 4) is 0 Å². The first-order valence-corrected chi connectivity index (χ1v) is 26.7. The highest BCUT2D eigenvalue weighted by Gasteiger charge is 2.47. The molecule has 444 valence electrons. The van der Waals surface area contributed by atoms with Crippen molar-refractivity contribution in [1.82, 2.24) is 0 Å². The molecule has 0 atom stereocenters. The summed E-state index contributed by atoms with van der Waals surface area (Å²) >= 11 is 2.74. The van der Waals surface area contributed by atoms with E-state index in [1.807, 2.05) is 84.9 Å². The van der Waals surface area contributed by atoms with Crippen LogP contribution in [0.2, 0.25) is 0 Å². The van der Waals surface area contributed by atoms with Gasteiger partial charge >= 0.3 is 70.6 Å². The van der Waals surface area contributed by atoms with E-state index >= 15 is 0 Å². The second kappa shape index (κ2) is 23.2. The Morgan fingerprint density at radius 3 is 0.679 bits per heavy atom. The largest absolute Gasteiger partial charge is 0.416 e. The van der Waals surface area contributed by atoms with Gasteiger partial charge in [0, 0.05) is 23.3 Å². The van der Waals surface area contributed by atoms with Gasteiger partial charge in [0.05, 0.1) is 54.3 Å². The topological polar surface area (TPSA) is 34.1 Å². The number of ketones is 2. The molecule has 0 bridgehead atoms. The summed E-state index contributed by atoms with van der Waals surface area (Å²) < 4.78 is 343. The summed E-state index contributed by atoms with van der Waals surface area (Å²) in [7, 11) is 0. The van der Waals surface area contributed by atoms with Gasteiger partial charge in [0.2, 0.25) is 17.3 Å². The van der Waals surface area contributed by atoms with Gasteiger partial charge in [0.15, 0.2) is 0 Å². The van der Waals surface area contributed by atoms with Crippen molar-refractivity contribution in [3.05, 3.63) is 229 Å². The van der Waals surface area contributed by atoms with Crippen molar-refractivity contribution in [2.24, 2.45) is 0 Å². The number of carbonyl (C=O) groups is 2. The first kappa shape index (κ1) is 64.7. The Morgan fingerprint density at radius 2 is 0.488 bits per heavy atom. The van der Waals surface area contributed by atoms with Crippen LogP contribution in [-0.4, -0.2) is 17.7 Å². The van der Waals surface area contributed by atoms with Crippen LogP contribution >= 0.6 is 22.7 Å². The summed E-state index contributed by atoms with van der Waals surface area (Å²) in [6, 6.07) is 17.8. The normalized spacial score (nSPS) is 13.1. The average molecular weight is 1360 g/mol. The predicted molar refractivity (Wildman–Crippen MR) is 256 cm³/mol. The third kappa shape index (κ3) is 14.8. The number of benzene rings is 6. The number of rotatable bonds is 10. The fourth-order valence-electron chi connectivity index (χ4n) is 8.60. The second-order valence-corrected chi connectivity index (χ2v) is 24.4. The van der Waals surface area contributed by atoms with E-state index in [0.717, 1.165) is 20.9 Å². The summed E-state index contributed by atoms with van der Waals surface area (Å²) in [5.74, 6) is 0.143. The van der Waals surface area contributed by atoms with E-state index in [9.17, 15) is 115 Å². The lowest BCUT2D eigenvalue weighted by atomic mass is 9.12. The number of alkyl halides is 24. The van der Waals surface area contributed by atoms with Crippen molar-refractivity contribution >= 4 is 62.2 Å². The van der Waals surface area contributed by atoms with Crippen molar-refractivity contribution < 1.29 is 136 Å². The quantitative estimate of drug-likeness (QED) is 0.0592. The molecule has 84 heavy (non-hydrogen) atoms. The maximum absolute atomic E-state index is 14.2. The lowest BCUT2D eigenvalue weighted by Gasteiger charge is -2.46. The first-order chi connectivity index (χ1) is 38.5. The standard InChI is InChI=1S/C32H12BF24.C22H14IO2S2/c34-25(35,36)13-1-14(26(37,38)39)6-21(5-13)33(22-7-15(27(40,41)42)2-16(8-22)28(43,44)45,23-9-17(29(46,47)48)3-18(10-23)30(49,50)51)24-11-19(31(52,53)54)4-20(12-24)32(55,56)57;24-21(15-7-3-1-4-8-15)17-11-13-19(26-17)23-20-14-12-18(27-20)22(25)16-9-5-2-6-10-16/h1-12H;1-14H/q-1;+1. The van der Waals surface area contributed by atoms with Crippen molar-refractivity contribution in [2.45, 2.75) is 49.4 Å². The summed E-state index contributed by atoms with van der Waals surface area (Å²) in [6.07, 6.45) is -54.8. The second-order valence-electron chi connectivity index (χ2n) is 17.9. The number of halogens is 25. The lowest BCUT2D eigenvalue weighted by molar-refractivity contribution is -0.585. The zero-order chi connectivity index (χ0) is 62.6. The van der Waals surface area contributed by atoms with E-state index in [-0.39, 0.29) is 32.8 Å². The minimum Gasteiger partial charge on any atom is -0.288 e. The molecule has 0 unspecified atom stereocenters. The number of hydrogen-bond donors (Lipinski definition) is 0. The molecule has 0 aliphatic rings. The van der Waals surface area contributed by atoms with Crippen LogP contribution in [0.1, 0.15) is 75.0 Å². The maximum atomic E-state index is 14.2. The molecule has 2 heterocycles. The Hall–Kier alpha value is -6.83. The SMILES string of the molecule is FC(F)(F)c1cc([B-](c2cc(C(F)(F)F)cc(C(F)(F)F)c2)(c2cc(C(F)(F)F)cc(C(F)(F)F)c2)c2cc(C(F)(F)F)cc(C(F)(F)F)c2)cc(C(F)(F)F)c1.O=C(c1ccccc1)c1ccc([I+]c2ccc(C(=O)c3ccccc3)s2)s1. The molecule has 6 aromatic carbocycles. The predicted octanol–water partition coefficient (Wildman–Crippen LogP) is 13.6. The van der Waals surface area contributed by atoms with E-state index in [1.54, 1.807) is 22.7 Å². The van der Waals surface area contributed by atoms with Gasteiger partial charge in [-0.15, -0.1) is 0 Å². The van der Waals surface area contributed by atoms with Crippen LogP contribution in [0.3, 0.4) is 0 Å². The summed E-state index contributed by atoms with van der Waals surface area (Å²) in [4.78, 5) is 26.6. The molecular formula is C54H26BF24IO2S2. The molecule has 0 radical (unpaired) electrons. The highest BCUT2D eigenvalue weighted by Crippen LogP contribution is 2.41. The van der Waals surface area contributed by atoms with Gasteiger partial charge in [-0.2, -0.15) is 127 Å². The van der Waals surface area contributed by atoms with Crippen LogP contribution in [-0.2, 0) is 49.4 Å². The Kier molecular flexibility index (Phi) is 17.9. The van der Waals surface area contributed by atoms with Crippen LogP contribution in [0.25, 0.3) is 0 Å². The summed E-state index contributed by atoms with van der Waals surface area (Å²) in [5, 5.41) is 0. The molecule has 0 saturated heterocycles. The van der Waals surface area contributed by atoms with Gasteiger partial charge in [-0.05, 0) is 36.4 Å². The fraction of sp³-hybridized carbons (Fsp3) is 0.148. The zero-order valence-corrected chi connectivity index (χ0v) is 44.5. The molecule has 0 saturated carbocycles. The third-order valence-electron chi connectivity index (χ3n) is 12.3. The van der Waals surface area contributed by atoms with Gasteiger partial charge in [0.25, 0.3) is 0 Å². The Balaban J connectivity index is 0.000000309. The molecule has 0 N–H and O–H groups in total. The molecule has 8 rings (SSSR count). The molecule has 0 aliphatic heterocycles. The molecular weight excluding hydrogens is 1340 g/mol. The Bertz CT molecular complexity index is 3170. The molecule has 8 aromatic rings. The van der Waals surface area contributed by atoms with E-state index in [1.165, 1.54) is 5.77 Å². The van der Waals surface area contributed by atoms with Crippen molar-refractivity contribution in [2.75, 3.05) is 0 Å². The van der Waals surface area contributed by atoms with Crippen LogP contribution in [0.4, 0.5) is 105 Å². The molecule has 0 amide bonds. The van der Waals surface area contributed by atoms with Gasteiger partial charge in [-0.3, -0.25) is 9.59 Å². The molecule has 2 aromatic heterocycles. The van der Waals surface area contributed by atoms with Crippen molar-refractivity contribution in [1.29, 1.82) is 0 Å². The highest BCUT2D eigenvalue weighted by atomic mass is 127. The molecule has 0 spiro atoms. The van der Waals surface area contributed by atoms with Crippen LogP contribution < -0.4 is 43.1 Å². The van der Waals surface area contributed by atoms with E-state index in [4.69, 9.17) is 0 Å². The number of thiophene rings is 2. The smallest absolute Gasteiger partial charge is 0.288 e. The average Bonchev–Trinajstić information content (AvgIpc) is 0.848. The summed E-state index contributed by atoms with van der Waals surface area (Å²) in [6.45, 7) is 0. The van der Waals surface area contributed by atoms with E-state index in [2.05, 4.69) is 0 Å². The Labute approximate surface area is 474 Å². The molecule has 30 heteroatoms. The lowest BCUT2D eigenvalue weighted by Crippen LogP contribution is -3.61. The highest BCUT2D eigenvalue weighted by molar-refractivity contribution is 7.20. The van der Waals surface area contributed by atoms with Crippen LogP contribution in [0, 0.1) is 5.77 Å². The van der Waals surface area contributed by atoms with E-state index in [0.29, 0.717) is 0 Å². The van der Waals surface area contributed by atoms with Gasteiger partial charge < -0.3 is 0 Å². The molecule has 0 fully saturated rings. The minimum atomic E-state index is -6.13. The zero-order valence-electron chi connectivity index (χ0n) is 40.7. The first-order valence-electron chi connectivity index (χ1n) is 22.9. The molecule has 2 nitrogen and oxygen atoms in total. The monoisotopic (exact) mass is 1360 g/mol. The minimum absolute atomic E-state index is 0.0713. The fourth-order valence-corrected chi connectivity index (χ4v) is 14.8. The number of carbonyl (C=O) groups excluding carboxylic acids is 2. The van der Waals surface area contributed by atoms with Crippen LogP contribution in [0.15, 0.2) is 158 Å². The molecule has 0 aliphatic carbocycles. The Morgan fingerprint density at radius 1 is 0.286 bits per heavy atom. The third-order valence-corrected chi connectivity index (χ3v) is 18.2. The maximum Gasteiger partial charge on any atom is 0.416 e. The van der Waals surface area contributed by atoms with E-state index < -0.39 is 195 Å².